The number of carbonyl (C=O) groups excluding carboxylic acids is 1. The molecule has 0 aromatic heterocycles. The number of benzene rings is 1. The summed E-state index contributed by atoms with van der Waals surface area (Å²) in [6.45, 7) is 6.78. The van der Waals surface area contributed by atoms with Crippen molar-refractivity contribution in [2.75, 3.05) is 19.6 Å². The zero-order valence-electron chi connectivity index (χ0n) is 13.6. The molecule has 1 unspecified atom stereocenters. The van der Waals surface area contributed by atoms with E-state index in [9.17, 15) is 9.18 Å². The molecule has 0 spiro atoms. The molecule has 122 valence electrons. The van der Waals surface area contributed by atoms with Crippen LogP contribution in [0.25, 0.3) is 0 Å². The van der Waals surface area contributed by atoms with Crippen molar-refractivity contribution in [1.82, 2.24) is 10.2 Å². The normalized spacial score (nSPS) is 17.2. The van der Waals surface area contributed by atoms with Crippen LogP contribution in [0.15, 0.2) is 24.3 Å². The molecule has 1 aliphatic rings. The number of hydrogen-bond acceptors (Lipinski definition) is 2. The first-order chi connectivity index (χ1) is 10.6. The predicted octanol–water partition coefficient (Wildman–Crippen LogP) is 3.31. The molecule has 0 saturated carbocycles. The summed E-state index contributed by atoms with van der Waals surface area (Å²) in [6, 6.07) is 7.10. The maximum absolute atomic E-state index is 13.9. The highest BCUT2D eigenvalue weighted by atomic mass is 19.1. The van der Waals surface area contributed by atoms with Crippen LogP contribution < -0.4 is 5.32 Å². The number of carbonyl (C=O) groups is 1. The van der Waals surface area contributed by atoms with E-state index in [1.165, 1.54) is 6.07 Å². The molecular formula is C18H27FN2O. The van der Waals surface area contributed by atoms with Crippen LogP contribution in [0, 0.1) is 5.82 Å². The van der Waals surface area contributed by atoms with Crippen molar-refractivity contribution < 1.29 is 9.18 Å². The molecule has 1 aromatic rings. The van der Waals surface area contributed by atoms with Crippen molar-refractivity contribution in [3.05, 3.63) is 35.6 Å². The summed E-state index contributed by atoms with van der Waals surface area (Å²) in [5.74, 6) is -0.147. The van der Waals surface area contributed by atoms with E-state index in [1.807, 2.05) is 17.9 Å². The van der Waals surface area contributed by atoms with Crippen molar-refractivity contribution >= 4 is 5.91 Å². The van der Waals surface area contributed by atoms with Crippen LogP contribution in [0.4, 0.5) is 4.39 Å². The van der Waals surface area contributed by atoms with Gasteiger partial charge in [0, 0.05) is 19.0 Å². The first-order valence-electron chi connectivity index (χ1n) is 8.38. The molecule has 2 rings (SSSR count). The van der Waals surface area contributed by atoms with Gasteiger partial charge in [0.2, 0.25) is 5.91 Å². The van der Waals surface area contributed by atoms with E-state index in [4.69, 9.17) is 0 Å². The van der Waals surface area contributed by atoms with E-state index < -0.39 is 0 Å². The van der Waals surface area contributed by atoms with Gasteiger partial charge in [-0.15, -0.1) is 0 Å². The highest BCUT2D eigenvalue weighted by Crippen LogP contribution is 2.24. The first kappa shape index (κ1) is 16.9. The number of hydrogen-bond donors (Lipinski definition) is 1. The van der Waals surface area contributed by atoms with Gasteiger partial charge in [-0.3, -0.25) is 4.79 Å². The van der Waals surface area contributed by atoms with Gasteiger partial charge in [-0.25, -0.2) is 4.39 Å². The van der Waals surface area contributed by atoms with Gasteiger partial charge in [0.15, 0.2) is 0 Å². The summed E-state index contributed by atoms with van der Waals surface area (Å²) < 4.78 is 13.9. The zero-order chi connectivity index (χ0) is 15.9. The molecule has 1 aliphatic heterocycles. The third kappa shape index (κ3) is 4.29. The van der Waals surface area contributed by atoms with Crippen LogP contribution in [0.3, 0.4) is 0 Å². The largest absolute Gasteiger partial charge is 0.340 e. The molecule has 1 atom stereocenters. The molecular weight excluding hydrogens is 279 g/mol. The standard InChI is InChI=1S/C18H27FN2O/c1-3-12-21(15-8-10-20-11-9-15)18(22)13-14(2)16-6-4-5-7-17(16)19/h4-7,14-15,20H,3,8-13H2,1-2H3. The van der Waals surface area contributed by atoms with E-state index in [1.54, 1.807) is 12.1 Å². The highest BCUT2D eigenvalue weighted by molar-refractivity contribution is 5.77. The predicted molar refractivity (Wildman–Crippen MR) is 87.3 cm³/mol. The SMILES string of the molecule is CCCN(C(=O)CC(C)c1ccccc1F)C1CCNCC1. The summed E-state index contributed by atoms with van der Waals surface area (Å²) in [5, 5.41) is 3.34. The van der Waals surface area contributed by atoms with Crippen molar-refractivity contribution in [2.24, 2.45) is 0 Å². The molecule has 1 N–H and O–H groups in total. The minimum Gasteiger partial charge on any atom is -0.340 e. The van der Waals surface area contributed by atoms with Gasteiger partial charge in [0.05, 0.1) is 0 Å². The third-order valence-electron chi connectivity index (χ3n) is 4.45. The quantitative estimate of drug-likeness (QED) is 0.874. The number of piperidine rings is 1. The second-order valence-corrected chi connectivity index (χ2v) is 6.19. The lowest BCUT2D eigenvalue weighted by atomic mass is 9.95. The van der Waals surface area contributed by atoms with Gasteiger partial charge in [-0.2, -0.15) is 0 Å². The Kier molecular flexibility index (Phi) is 6.37. The lowest BCUT2D eigenvalue weighted by Gasteiger charge is -2.35. The number of nitrogens with one attached hydrogen (secondary N) is 1. The van der Waals surface area contributed by atoms with Crippen LogP contribution in [0.2, 0.25) is 0 Å². The summed E-state index contributed by atoms with van der Waals surface area (Å²) in [5.41, 5.74) is 0.637. The van der Waals surface area contributed by atoms with E-state index in [-0.39, 0.29) is 17.6 Å². The monoisotopic (exact) mass is 306 g/mol. The molecule has 22 heavy (non-hydrogen) atoms. The minimum atomic E-state index is -0.216. The minimum absolute atomic E-state index is 0.0882. The Bertz CT molecular complexity index is 486. The second kappa shape index (κ2) is 8.28. The second-order valence-electron chi connectivity index (χ2n) is 6.19. The smallest absolute Gasteiger partial charge is 0.223 e. The fourth-order valence-electron chi connectivity index (χ4n) is 3.23. The molecule has 1 aromatic carbocycles. The lowest BCUT2D eigenvalue weighted by molar-refractivity contribution is -0.134. The van der Waals surface area contributed by atoms with Crippen molar-refractivity contribution in [2.45, 2.75) is 51.5 Å². The number of amides is 1. The maximum atomic E-state index is 13.9. The number of halogens is 1. The molecule has 1 saturated heterocycles. The van der Waals surface area contributed by atoms with Crippen molar-refractivity contribution in [3.63, 3.8) is 0 Å². The van der Waals surface area contributed by atoms with Crippen molar-refractivity contribution in [1.29, 1.82) is 0 Å². The Morgan fingerprint density at radius 2 is 2.05 bits per heavy atom. The summed E-state index contributed by atoms with van der Waals surface area (Å²) in [4.78, 5) is 14.7. The molecule has 4 heteroatoms. The number of nitrogens with zero attached hydrogens (tertiary/aromatic N) is 1. The fraction of sp³-hybridized carbons (Fsp3) is 0.611. The van der Waals surface area contributed by atoms with Gasteiger partial charge < -0.3 is 10.2 Å². The van der Waals surface area contributed by atoms with Gasteiger partial charge in [0.1, 0.15) is 5.82 Å². The fourth-order valence-corrected chi connectivity index (χ4v) is 3.23. The molecule has 3 nitrogen and oxygen atoms in total. The van der Waals surface area contributed by atoms with Crippen LogP contribution in [0.1, 0.15) is 51.0 Å². The highest BCUT2D eigenvalue weighted by Gasteiger charge is 2.26. The van der Waals surface area contributed by atoms with Gasteiger partial charge in [-0.1, -0.05) is 32.0 Å². The Balaban J connectivity index is 2.02. The molecule has 1 heterocycles. The zero-order valence-corrected chi connectivity index (χ0v) is 13.6. The van der Waals surface area contributed by atoms with Gasteiger partial charge in [-0.05, 0) is 49.9 Å². The molecule has 1 fully saturated rings. The van der Waals surface area contributed by atoms with E-state index >= 15 is 0 Å². The van der Waals surface area contributed by atoms with E-state index in [0.717, 1.165) is 38.9 Å². The Morgan fingerprint density at radius 1 is 1.36 bits per heavy atom. The van der Waals surface area contributed by atoms with E-state index in [2.05, 4.69) is 12.2 Å². The van der Waals surface area contributed by atoms with Crippen LogP contribution in [-0.4, -0.2) is 36.5 Å². The lowest BCUT2D eigenvalue weighted by Crippen LogP contribution is -2.46. The average molecular weight is 306 g/mol. The Hall–Kier alpha value is -1.42. The molecule has 0 bridgehead atoms. The third-order valence-corrected chi connectivity index (χ3v) is 4.45. The van der Waals surface area contributed by atoms with Crippen LogP contribution >= 0.6 is 0 Å². The molecule has 0 radical (unpaired) electrons. The summed E-state index contributed by atoms with van der Waals surface area (Å²) in [7, 11) is 0. The Morgan fingerprint density at radius 3 is 2.68 bits per heavy atom. The van der Waals surface area contributed by atoms with Crippen LogP contribution in [-0.2, 0) is 4.79 Å². The molecule has 0 aliphatic carbocycles. The summed E-state index contributed by atoms with van der Waals surface area (Å²) in [6.07, 6.45) is 3.37. The number of rotatable bonds is 6. The molecule has 1 amide bonds. The topological polar surface area (TPSA) is 32.3 Å². The van der Waals surface area contributed by atoms with Gasteiger partial charge >= 0.3 is 0 Å². The van der Waals surface area contributed by atoms with Gasteiger partial charge in [0.25, 0.3) is 0 Å². The average Bonchev–Trinajstić information content (AvgIpc) is 2.53. The summed E-state index contributed by atoms with van der Waals surface area (Å²) >= 11 is 0. The first-order valence-corrected chi connectivity index (χ1v) is 8.38. The maximum Gasteiger partial charge on any atom is 0.223 e. The van der Waals surface area contributed by atoms with E-state index in [0.29, 0.717) is 18.0 Å². The van der Waals surface area contributed by atoms with Crippen LogP contribution in [0.5, 0.6) is 0 Å². The van der Waals surface area contributed by atoms with Crippen molar-refractivity contribution in [3.8, 4) is 0 Å². The Labute approximate surface area is 132 Å².